The van der Waals surface area contributed by atoms with Crippen LogP contribution >= 0.6 is 0 Å². The molecule has 160 valence electrons. The van der Waals surface area contributed by atoms with Gasteiger partial charge in [0.1, 0.15) is 6.23 Å². The van der Waals surface area contributed by atoms with Crippen LogP contribution in [0.5, 0.6) is 0 Å². The fourth-order valence-electron chi connectivity index (χ4n) is 2.94. The van der Waals surface area contributed by atoms with Crippen molar-refractivity contribution in [3.63, 3.8) is 0 Å². The Kier molecular flexibility index (Phi) is 7.35. The number of benzene rings is 2. The number of hydrogen-bond donors (Lipinski definition) is 0. The highest BCUT2D eigenvalue weighted by Gasteiger charge is 2.37. The minimum absolute atomic E-state index is 0.0934. The molecule has 0 bridgehead atoms. The van der Waals surface area contributed by atoms with Crippen LogP contribution in [0.1, 0.15) is 41.5 Å². The second-order valence-corrected chi connectivity index (χ2v) is 7.19. The molecular weight excluding hydrogens is 396 g/mol. The van der Waals surface area contributed by atoms with E-state index in [0.29, 0.717) is 18.6 Å². The SMILES string of the molecule is CC(CC(OCc1cc(C(F)(F)F)cc(C(F)(F)F)c1)N(C)C)c1ccccc1. The molecule has 0 aliphatic heterocycles. The van der Waals surface area contributed by atoms with Crippen LogP contribution in [0.15, 0.2) is 48.5 Å². The van der Waals surface area contributed by atoms with Crippen LogP contribution in [-0.4, -0.2) is 25.2 Å². The molecule has 0 amide bonds. The first-order valence-corrected chi connectivity index (χ1v) is 8.99. The van der Waals surface area contributed by atoms with Gasteiger partial charge in [-0.15, -0.1) is 0 Å². The standard InChI is InChI=1S/C21H23F6NO/c1-14(16-7-5-4-6-8-16)9-19(28(2)3)29-13-15-10-17(20(22,23)24)12-18(11-15)21(25,26)27/h4-8,10-12,14,19H,9,13H2,1-3H3. The quantitative estimate of drug-likeness (QED) is 0.385. The summed E-state index contributed by atoms with van der Waals surface area (Å²) in [5.74, 6) is 0.0934. The Morgan fingerprint density at radius 1 is 0.862 bits per heavy atom. The average Bonchev–Trinajstić information content (AvgIpc) is 2.63. The molecule has 2 aromatic carbocycles. The average molecular weight is 419 g/mol. The molecule has 2 aromatic rings. The van der Waals surface area contributed by atoms with Crippen LogP contribution in [0.25, 0.3) is 0 Å². The third kappa shape index (κ3) is 6.75. The molecule has 2 rings (SSSR count). The maximum atomic E-state index is 13.0. The van der Waals surface area contributed by atoms with Gasteiger partial charge in [0.05, 0.1) is 17.7 Å². The Morgan fingerprint density at radius 2 is 1.38 bits per heavy atom. The van der Waals surface area contributed by atoms with E-state index in [1.807, 2.05) is 37.3 Å². The molecule has 0 N–H and O–H groups in total. The summed E-state index contributed by atoms with van der Waals surface area (Å²) in [7, 11) is 3.49. The van der Waals surface area contributed by atoms with E-state index in [0.717, 1.165) is 5.56 Å². The summed E-state index contributed by atoms with van der Waals surface area (Å²) in [6.45, 7) is 1.62. The Labute approximate surface area is 166 Å². The molecule has 0 saturated heterocycles. The van der Waals surface area contributed by atoms with Crippen molar-refractivity contribution in [1.29, 1.82) is 0 Å². The summed E-state index contributed by atoms with van der Waals surface area (Å²) in [5, 5.41) is 0. The highest BCUT2D eigenvalue weighted by Crippen LogP contribution is 2.36. The predicted molar refractivity (Wildman–Crippen MR) is 98.2 cm³/mol. The molecule has 29 heavy (non-hydrogen) atoms. The molecule has 0 spiro atoms. The first-order chi connectivity index (χ1) is 13.4. The summed E-state index contributed by atoms with van der Waals surface area (Å²) >= 11 is 0. The van der Waals surface area contributed by atoms with Crippen molar-refractivity contribution < 1.29 is 31.1 Å². The molecule has 0 aliphatic rings. The topological polar surface area (TPSA) is 12.5 Å². The first kappa shape index (κ1) is 23.2. The molecule has 2 unspecified atom stereocenters. The second-order valence-electron chi connectivity index (χ2n) is 7.19. The number of alkyl halides is 6. The monoisotopic (exact) mass is 419 g/mol. The zero-order chi connectivity index (χ0) is 21.8. The van der Waals surface area contributed by atoms with Crippen molar-refractivity contribution >= 4 is 0 Å². The van der Waals surface area contributed by atoms with Gasteiger partial charge in [-0.3, -0.25) is 4.90 Å². The summed E-state index contributed by atoms with van der Waals surface area (Å²) in [4.78, 5) is 1.75. The fraction of sp³-hybridized carbons (Fsp3) is 0.429. The summed E-state index contributed by atoms with van der Waals surface area (Å²) in [6, 6.07) is 11.1. The van der Waals surface area contributed by atoms with Gasteiger partial charge in [-0.2, -0.15) is 26.3 Å². The maximum Gasteiger partial charge on any atom is 0.416 e. The van der Waals surface area contributed by atoms with Gasteiger partial charge in [-0.25, -0.2) is 0 Å². The lowest BCUT2D eigenvalue weighted by molar-refractivity contribution is -0.143. The minimum Gasteiger partial charge on any atom is -0.358 e. The summed E-state index contributed by atoms with van der Waals surface area (Å²) < 4.78 is 83.7. The van der Waals surface area contributed by atoms with E-state index in [1.54, 1.807) is 19.0 Å². The number of hydrogen-bond acceptors (Lipinski definition) is 2. The van der Waals surface area contributed by atoms with E-state index >= 15 is 0 Å². The molecule has 0 radical (unpaired) electrons. The van der Waals surface area contributed by atoms with Crippen LogP contribution in [0, 0.1) is 0 Å². The Balaban J connectivity index is 2.18. The van der Waals surface area contributed by atoms with Crippen LogP contribution in [0.2, 0.25) is 0 Å². The largest absolute Gasteiger partial charge is 0.416 e. The van der Waals surface area contributed by atoms with Crippen molar-refractivity contribution in [1.82, 2.24) is 4.90 Å². The second kappa shape index (κ2) is 9.17. The van der Waals surface area contributed by atoms with Gasteiger partial charge in [-0.1, -0.05) is 37.3 Å². The number of ether oxygens (including phenoxy) is 1. The van der Waals surface area contributed by atoms with E-state index in [-0.39, 0.29) is 24.2 Å². The third-order valence-electron chi connectivity index (χ3n) is 4.59. The van der Waals surface area contributed by atoms with E-state index in [1.165, 1.54) is 0 Å². The van der Waals surface area contributed by atoms with Gasteiger partial charge < -0.3 is 4.74 Å². The molecule has 0 aliphatic carbocycles. The molecule has 0 saturated carbocycles. The van der Waals surface area contributed by atoms with Gasteiger partial charge >= 0.3 is 12.4 Å². The molecule has 0 aromatic heterocycles. The lowest BCUT2D eigenvalue weighted by Gasteiger charge is -2.28. The predicted octanol–water partition coefficient (Wildman–Crippen LogP) is 6.32. The van der Waals surface area contributed by atoms with Crippen molar-refractivity contribution in [3.8, 4) is 0 Å². The van der Waals surface area contributed by atoms with Crippen LogP contribution in [-0.2, 0) is 23.7 Å². The minimum atomic E-state index is -4.88. The highest BCUT2D eigenvalue weighted by molar-refractivity contribution is 5.33. The lowest BCUT2D eigenvalue weighted by Crippen LogP contribution is -2.32. The molecule has 8 heteroatoms. The normalized spacial score (nSPS) is 14.8. The van der Waals surface area contributed by atoms with Gasteiger partial charge in [-0.05, 0) is 55.8 Å². The van der Waals surface area contributed by atoms with Crippen molar-refractivity contribution in [2.24, 2.45) is 0 Å². The number of rotatable bonds is 7. The Bertz CT molecular complexity index is 754. The first-order valence-electron chi connectivity index (χ1n) is 8.99. The molecular formula is C21H23F6NO. The van der Waals surface area contributed by atoms with E-state index in [9.17, 15) is 26.3 Å². The summed E-state index contributed by atoms with van der Waals surface area (Å²) in [5.41, 5.74) is -1.79. The van der Waals surface area contributed by atoms with Gasteiger partial charge in [0, 0.05) is 0 Å². The van der Waals surface area contributed by atoms with Crippen molar-refractivity contribution in [2.45, 2.75) is 44.4 Å². The lowest BCUT2D eigenvalue weighted by atomic mass is 9.97. The smallest absolute Gasteiger partial charge is 0.358 e. The van der Waals surface area contributed by atoms with Crippen molar-refractivity contribution in [3.05, 3.63) is 70.8 Å². The van der Waals surface area contributed by atoms with Crippen molar-refractivity contribution in [2.75, 3.05) is 14.1 Å². The van der Waals surface area contributed by atoms with Gasteiger partial charge in [0.15, 0.2) is 0 Å². The molecule has 2 atom stereocenters. The van der Waals surface area contributed by atoms with Gasteiger partial charge in [0.2, 0.25) is 0 Å². The Hall–Kier alpha value is -2.06. The third-order valence-corrected chi connectivity index (χ3v) is 4.59. The fourth-order valence-corrected chi connectivity index (χ4v) is 2.94. The van der Waals surface area contributed by atoms with Crippen LogP contribution in [0.4, 0.5) is 26.3 Å². The summed E-state index contributed by atoms with van der Waals surface area (Å²) in [6.07, 6.45) is -9.70. The van der Waals surface area contributed by atoms with Gasteiger partial charge in [0.25, 0.3) is 0 Å². The number of nitrogens with zero attached hydrogens (tertiary/aromatic N) is 1. The zero-order valence-corrected chi connectivity index (χ0v) is 16.3. The van der Waals surface area contributed by atoms with Crippen LogP contribution in [0.3, 0.4) is 0 Å². The van der Waals surface area contributed by atoms with E-state index in [2.05, 4.69) is 0 Å². The van der Waals surface area contributed by atoms with Crippen LogP contribution < -0.4 is 0 Å². The maximum absolute atomic E-state index is 13.0. The highest BCUT2D eigenvalue weighted by atomic mass is 19.4. The number of halogens is 6. The Morgan fingerprint density at radius 3 is 1.83 bits per heavy atom. The van der Waals surface area contributed by atoms with E-state index < -0.39 is 29.7 Å². The molecule has 0 fully saturated rings. The molecule has 0 heterocycles. The zero-order valence-electron chi connectivity index (χ0n) is 16.3. The molecule has 2 nitrogen and oxygen atoms in total. The van der Waals surface area contributed by atoms with E-state index in [4.69, 9.17) is 4.74 Å².